The van der Waals surface area contributed by atoms with E-state index in [4.69, 9.17) is 4.74 Å². The summed E-state index contributed by atoms with van der Waals surface area (Å²) < 4.78 is 7.31. The van der Waals surface area contributed by atoms with Gasteiger partial charge in [0, 0.05) is 30.6 Å². The molecule has 8 heteroatoms. The first-order valence-electron chi connectivity index (χ1n) is 10.2. The maximum Gasteiger partial charge on any atom is 0.233 e. The lowest BCUT2D eigenvalue weighted by atomic mass is 10.2. The largest absolute Gasteiger partial charge is 0.497 e. The number of para-hydroxylation sites is 1. The monoisotopic (exact) mass is 464 g/mol. The minimum absolute atomic E-state index is 0.0280. The number of thiophene rings is 1. The van der Waals surface area contributed by atoms with E-state index < -0.39 is 0 Å². The number of carbonyl (C=O) groups is 1. The Balaban J connectivity index is 1.47. The molecule has 0 N–H and O–H groups in total. The molecule has 0 spiro atoms. The predicted octanol–water partition coefficient (Wildman–Crippen LogP) is 4.68. The van der Waals surface area contributed by atoms with Crippen molar-refractivity contribution in [1.29, 1.82) is 0 Å². The summed E-state index contributed by atoms with van der Waals surface area (Å²) in [5.41, 5.74) is 2.01. The Morgan fingerprint density at radius 3 is 2.69 bits per heavy atom. The molecule has 2 aromatic heterocycles. The summed E-state index contributed by atoms with van der Waals surface area (Å²) in [4.78, 5) is 15.7. The van der Waals surface area contributed by atoms with Crippen LogP contribution >= 0.6 is 23.1 Å². The number of rotatable bonds is 9. The zero-order chi connectivity index (χ0) is 22.3. The van der Waals surface area contributed by atoms with Gasteiger partial charge >= 0.3 is 0 Å². The number of hydrogen-bond acceptors (Lipinski definition) is 6. The molecule has 0 radical (unpaired) electrons. The van der Waals surface area contributed by atoms with Crippen LogP contribution in [0, 0.1) is 0 Å². The highest BCUT2D eigenvalue weighted by Gasteiger charge is 2.18. The molecule has 0 saturated heterocycles. The molecule has 0 bridgehead atoms. The van der Waals surface area contributed by atoms with Gasteiger partial charge in [-0.2, -0.15) is 0 Å². The quantitative estimate of drug-likeness (QED) is 0.337. The van der Waals surface area contributed by atoms with Crippen LogP contribution in [0.1, 0.15) is 16.3 Å². The van der Waals surface area contributed by atoms with Crippen LogP contribution < -0.4 is 4.74 Å². The molecule has 2 aromatic carbocycles. The molecule has 0 atom stereocenters. The average Bonchev–Trinajstić information content (AvgIpc) is 3.48. The minimum Gasteiger partial charge on any atom is -0.497 e. The number of hydrogen-bond donors (Lipinski definition) is 0. The second kappa shape index (κ2) is 10.5. The van der Waals surface area contributed by atoms with Gasteiger partial charge in [0.05, 0.1) is 12.9 Å². The summed E-state index contributed by atoms with van der Waals surface area (Å²) in [6, 6.07) is 21.9. The van der Waals surface area contributed by atoms with E-state index in [2.05, 4.69) is 21.6 Å². The second-order valence-corrected chi connectivity index (χ2v) is 9.19. The van der Waals surface area contributed by atoms with Crippen molar-refractivity contribution in [2.24, 2.45) is 0 Å². The van der Waals surface area contributed by atoms with E-state index in [0.717, 1.165) is 22.8 Å². The standard InChI is InChI=1S/C24H24N4O2S2/c1-27(16-18-8-6-11-20(14-18)30-2)23(29)17-32-24-26-25-22(15-21-12-7-13-31-21)28(24)19-9-4-3-5-10-19/h3-14H,15-17H2,1-2H3. The summed E-state index contributed by atoms with van der Waals surface area (Å²) in [6.07, 6.45) is 0.698. The molecule has 0 aliphatic carbocycles. The number of benzene rings is 2. The second-order valence-electron chi connectivity index (χ2n) is 7.22. The summed E-state index contributed by atoms with van der Waals surface area (Å²) in [7, 11) is 3.45. The van der Waals surface area contributed by atoms with Crippen molar-refractivity contribution in [1.82, 2.24) is 19.7 Å². The molecular formula is C24H24N4O2S2. The smallest absolute Gasteiger partial charge is 0.233 e. The van der Waals surface area contributed by atoms with Crippen LogP contribution in [-0.4, -0.2) is 45.5 Å². The van der Waals surface area contributed by atoms with Crippen LogP contribution in [0.2, 0.25) is 0 Å². The fraction of sp³-hybridized carbons (Fsp3) is 0.208. The molecule has 2 heterocycles. The zero-order valence-electron chi connectivity index (χ0n) is 18.0. The topological polar surface area (TPSA) is 60.2 Å². The van der Waals surface area contributed by atoms with Crippen molar-refractivity contribution in [3.8, 4) is 11.4 Å². The highest BCUT2D eigenvalue weighted by atomic mass is 32.2. The third kappa shape index (κ3) is 5.38. The van der Waals surface area contributed by atoms with E-state index in [-0.39, 0.29) is 11.7 Å². The Bertz CT molecular complexity index is 1160. The first-order chi connectivity index (χ1) is 15.6. The van der Waals surface area contributed by atoms with Gasteiger partial charge in [0.1, 0.15) is 11.6 Å². The molecule has 0 fully saturated rings. The fourth-order valence-corrected chi connectivity index (χ4v) is 4.90. The van der Waals surface area contributed by atoms with Gasteiger partial charge in [0.2, 0.25) is 5.91 Å². The fourth-order valence-electron chi connectivity index (χ4n) is 3.28. The number of carbonyl (C=O) groups excluding carboxylic acids is 1. The van der Waals surface area contributed by atoms with E-state index in [1.165, 1.54) is 16.6 Å². The van der Waals surface area contributed by atoms with Crippen molar-refractivity contribution in [3.05, 3.63) is 88.4 Å². The Hall–Kier alpha value is -3.10. The average molecular weight is 465 g/mol. The zero-order valence-corrected chi connectivity index (χ0v) is 19.6. The normalized spacial score (nSPS) is 10.8. The molecule has 0 aliphatic rings. The Morgan fingerprint density at radius 1 is 1.09 bits per heavy atom. The molecular weight excluding hydrogens is 440 g/mol. The number of thioether (sulfide) groups is 1. The Kier molecular flexibility index (Phi) is 7.24. The lowest BCUT2D eigenvalue weighted by Crippen LogP contribution is -2.27. The van der Waals surface area contributed by atoms with Gasteiger partial charge in [0.25, 0.3) is 0 Å². The highest BCUT2D eigenvalue weighted by molar-refractivity contribution is 7.99. The molecule has 0 unspecified atom stereocenters. The van der Waals surface area contributed by atoms with Crippen molar-refractivity contribution < 1.29 is 9.53 Å². The maximum absolute atomic E-state index is 12.8. The van der Waals surface area contributed by atoms with Crippen molar-refractivity contribution >= 4 is 29.0 Å². The summed E-state index contributed by atoms with van der Waals surface area (Å²) in [5, 5.41) is 11.6. The van der Waals surface area contributed by atoms with Gasteiger partial charge in [-0.1, -0.05) is 48.2 Å². The lowest BCUT2D eigenvalue weighted by Gasteiger charge is -2.17. The number of amides is 1. The number of aromatic nitrogens is 3. The van der Waals surface area contributed by atoms with E-state index in [9.17, 15) is 4.79 Å². The molecule has 0 saturated carbocycles. The molecule has 1 amide bonds. The Labute approximate surface area is 195 Å². The van der Waals surface area contributed by atoms with E-state index in [1.807, 2.05) is 72.3 Å². The van der Waals surface area contributed by atoms with Crippen LogP contribution in [0.5, 0.6) is 5.75 Å². The van der Waals surface area contributed by atoms with Gasteiger partial charge in [-0.15, -0.1) is 21.5 Å². The van der Waals surface area contributed by atoms with Crippen LogP contribution in [0.25, 0.3) is 5.69 Å². The SMILES string of the molecule is COc1cccc(CN(C)C(=O)CSc2nnc(Cc3cccs3)n2-c2ccccc2)c1. The van der Waals surface area contributed by atoms with Crippen molar-refractivity contribution in [3.63, 3.8) is 0 Å². The van der Waals surface area contributed by atoms with Gasteiger partial charge < -0.3 is 9.64 Å². The van der Waals surface area contributed by atoms with Crippen LogP contribution in [0.3, 0.4) is 0 Å². The number of methoxy groups -OCH3 is 1. The number of ether oxygens (including phenoxy) is 1. The summed E-state index contributed by atoms with van der Waals surface area (Å²) >= 11 is 3.11. The first kappa shape index (κ1) is 22.1. The van der Waals surface area contributed by atoms with Gasteiger partial charge in [0.15, 0.2) is 5.16 Å². The van der Waals surface area contributed by atoms with Crippen LogP contribution in [0.15, 0.2) is 77.3 Å². The van der Waals surface area contributed by atoms with E-state index >= 15 is 0 Å². The third-order valence-electron chi connectivity index (χ3n) is 4.93. The van der Waals surface area contributed by atoms with Gasteiger partial charge in [-0.25, -0.2) is 0 Å². The maximum atomic E-state index is 12.8. The van der Waals surface area contributed by atoms with E-state index in [0.29, 0.717) is 18.1 Å². The molecule has 6 nitrogen and oxygen atoms in total. The van der Waals surface area contributed by atoms with E-state index in [1.54, 1.807) is 23.3 Å². The molecule has 4 rings (SSSR count). The minimum atomic E-state index is 0.0280. The molecule has 4 aromatic rings. The summed E-state index contributed by atoms with van der Waals surface area (Å²) in [5.74, 6) is 1.95. The summed E-state index contributed by atoms with van der Waals surface area (Å²) in [6.45, 7) is 0.519. The highest BCUT2D eigenvalue weighted by Crippen LogP contribution is 2.25. The predicted molar refractivity (Wildman–Crippen MR) is 129 cm³/mol. The molecule has 0 aliphatic heterocycles. The molecule has 164 valence electrons. The van der Waals surface area contributed by atoms with Crippen molar-refractivity contribution in [2.45, 2.75) is 18.1 Å². The third-order valence-corrected chi connectivity index (χ3v) is 6.72. The van der Waals surface area contributed by atoms with Gasteiger partial charge in [-0.05, 0) is 41.3 Å². The first-order valence-corrected chi connectivity index (χ1v) is 12.0. The van der Waals surface area contributed by atoms with Gasteiger partial charge in [-0.3, -0.25) is 9.36 Å². The number of nitrogens with zero attached hydrogens (tertiary/aromatic N) is 4. The van der Waals surface area contributed by atoms with Crippen LogP contribution in [0.4, 0.5) is 0 Å². The van der Waals surface area contributed by atoms with Crippen molar-refractivity contribution in [2.75, 3.05) is 19.9 Å². The lowest BCUT2D eigenvalue weighted by molar-refractivity contribution is -0.127. The van der Waals surface area contributed by atoms with Crippen LogP contribution in [-0.2, 0) is 17.8 Å². The molecule has 32 heavy (non-hydrogen) atoms. The Morgan fingerprint density at radius 2 is 1.94 bits per heavy atom.